The van der Waals surface area contributed by atoms with E-state index in [1.807, 2.05) is 20.8 Å². The highest BCUT2D eigenvalue weighted by Gasteiger charge is 2.17. The molecule has 106 valence electrons. The Balaban J connectivity index is 4.03. The molecule has 0 rings (SSSR count). The maximum absolute atomic E-state index is 11.9. The van der Waals surface area contributed by atoms with Gasteiger partial charge in [0.1, 0.15) is 0 Å². The van der Waals surface area contributed by atoms with Gasteiger partial charge in [-0.2, -0.15) is 0 Å². The molecule has 0 heterocycles. The zero-order valence-corrected chi connectivity index (χ0v) is 11.9. The third-order valence-electron chi connectivity index (χ3n) is 3.18. The highest BCUT2D eigenvalue weighted by molar-refractivity contribution is 5.74. The van der Waals surface area contributed by atoms with Crippen LogP contribution in [0.1, 0.15) is 47.0 Å². The minimum absolute atomic E-state index is 0.0611. The van der Waals surface area contributed by atoms with Crippen molar-refractivity contribution in [2.75, 3.05) is 13.1 Å². The summed E-state index contributed by atoms with van der Waals surface area (Å²) in [6, 6.07) is 0.165. The van der Waals surface area contributed by atoms with E-state index in [1.165, 1.54) is 0 Å². The number of hydrogen-bond acceptors (Lipinski definition) is 2. The molecule has 0 saturated carbocycles. The van der Waals surface area contributed by atoms with Gasteiger partial charge >= 0.3 is 12.0 Å². The van der Waals surface area contributed by atoms with Gasteiger partial charge < -0.3 is 15.3 Å². The Labute approximate surface area is 110 Å². The van der Waals surface area contributed by atoms with E-state index in [0.717, 1.165) is 6.42 Å². The molecule has 0 aliphatic rings. The second-order valence-electron chi connectivity index (χ2n) is 4.77. The number of amides is 2. The molecule has 2 N–H and O–H groups in total. The number of carboxylic acids is 1. The van der Waals surface area contributed by atoms with Crippen molar-refractivity contribution in [2.24, 2.45) is 5.92 Å². The first kappa shape index (κ1) is 16.7. The molecule has 2 atom stereocenters. The number of hydrogen-bond donors (Lipinski definition) is 2. The molecule has 0 radical (unpaired) electrons. The lowest BCUT2D eigenvalue weighted by atomic mass is 10.1. The summed E-state index contributed by atoms with van der Waals surface area (Å²) in [6.07, 6.45) is 1.67. The Morgan fingerprint density at radius 3 is 2.33 bits per heavy atom. The van der Waals surface area contributed by atoms with Gasteiger partial charge in [0.15, 0.2) is 0 Å². The van der Waals surface area contributed by atoms with Gasteiger partial charge in [-0.3, -0.25) is 4.79 Å². The van der Waals surface area contributed by atoms with Crippen LogP contribution >= 0.6 is 0 Å². The molecule has 5 heteroatoms. The van der Waals surface area contributed by atoms with Gasteiger partial charge in [0.2, 0.25) is 0 Å². The Morgan fingerprint density at radius 2 is 1.89 bits per heavy atom. The molecule has 0 aromatic rings. The fraction of sp³-hybridized carbons (Fsp3) is 0.846. The maximum atomic E-state index is 11.9. The van der Waals surface area contributed by atoms with Crippen molar-refractivity contribution < 1.29 is 14.7 Å². The average Bonchev–Trinajstić information content (AvgIpc) is 2.34. The van der Waals surface area contributed by atoms with E-state index in [0.29, 0.717) is 19.5 Å². The van der Waals surface area contributed by atoms with Crippen LogP contribution in [0.2, 0.25) is 0 Å². The van der Waals surface area contributed by atoms with Crippen molar-refractivity contribution in [1.29, 1.82) is 0 Å². The first-order valence-corrected chi connectivity index (χ1v) is 6.68. The lowest BCUT2D eigenvalue weighted by molar-refractivity contribution is -0.137. The van der Waals surface area contributed by atoms with Crippen molar-refractivity contribution in [1.82, 2.24) is 10.2 Å². The molecule has 5 nitrogen and oxygen atoms in total. The van der Waals surface area contributed by atoms with Gasteiger partial charge in [-0.15, -0.1) is 0 Å². The van der Waals surface area contributed by atoms with Crippen LogP contribution in [-0.2, 0) is 4.79 Å². The number of carboxylic acid groups (broad SMARTS) is 1. The molecule has 0 spiro atoms. The smallest absolute Gasteiger partial charge is 0.317 e. The number of urea groups is 1. The molecule has 0 aromatic carbocycles. The van der Waals surface area contributed by atoms with Crippen LogP contribution in [0.3, 0.4) is 0 Å². The highest BCUT2D eigenvalue weighted by Crippen LogP contribution is 2.06. The fourth-order valence-corrected chi connectivity index (χ4v) is 1.71. The monoisotopic (exact) mass is 258 g/mol. The van der Waals surface area contributed by atoms with Crippen LogP contribution < -0.4 is 5.32 Å². The first-order chi connectivity index (χ1) is 8.42. The zero-order chi connectivity index (χ0) is 14.1. The lowest BCUT2D eigenvalue weighted by Crippen LogP contribution is -2.45. The van der Waals surface area contributed by atoms with Gasteiger partial charge in [-0.25, -0.2) is 4.79 Å². The third kappa shape index (κ3) is 6.47. The van der Waals surface area contributed by atoms with Crippen LogP contribution in [-0.4, -0.2) is 41.1 Å². The minimum Gasteiger partial charge on any atom is -0.481 e. The number of aliphatic carboxylic acids is 1. The molecule has 0 saturated heterocycles. The predicted octanol–water partition coefficient (Wildman–Crippen LogP) is 2.32. The van der Waals surface area contributed by atoms with Crippen LogP contribution in [0.5, 0.6) is 0 Å². The summed E-state index contributed by atoms with van der Waals surface area (Å²) in [4.78, 5) is 24.1. The molecule has 18 heavy (non-hydrogen) atoms. The van der Waals surface area contributed by atoms with Crippen LogP contribution in [0, 0.1) is 5.92 Å². The first-order valence-electron chi connectivity index (χ1n) is 6.68. The second-order valence-corrected chi connectivity index (χ2v) is 4.77. The topological polar surface area (TPSA) is 69.6 Å². The highest BCUT2D eigenvalue weighted by atomic mass is 16.4. The van der Waals surface area contributed by atoms with Gasteiger partial charge in [0.05, 0.1) is 0 Å². The molecule has 0 fully saturated rings. The molecule has 0 bridgehead atoms. The number of rotatable bonds is 8. The van der Waals surface area contributed by atoms with Crippen LogP contribution in [0.4, 0.5) is 4.79 Å². The fourth-order valence-electron chi connectivity index (χ4n) is 1.71. The summed E-state index contributed by atoms with van der Waals surface area (Å²) in [5, 5.41) is 11.4. The molecule has 2 unspecified atom stereocenters. The summed E-state index contributed by atoms with van der Waals surface area (Å²) >= 11 is 0. The quantitative estimate of drug-likeness (QED) is 0.702. The van der Waals surface area contributed by atoms with Crippen molar-refractivity contribution >= 4 is 12.0 Å². The normalized spacial score (nSPS) is 13.8. The average molecular weight is 258 g/mol. The van der Waals surface area contributed by atoms with Gasteiger partial charge in [0.25, 0.3) is 0 Å². The second kappa shape index (κ2) is 8.78. The van der Waals surface area contributed by atoms with E-state index in [-0.39, 0.29) is 24.4 Å². The maximum Gasteiger partial charge on any atom is 0.317 e. The molecular weight excluding hydrogens is 232 g/mol. The summed E-state index contributed by atoms with van der Waals surface area (Å²) in [7, 11) is 0. The Kier molecular flexibility index (Phi) is 8.16. The van der Waals surface area contributed by atoms with Crippen molar-refractivity contribution in [3.8, 4) is 0 Å². The number of carbonyl (C=O) groups is 2. The van der Waals surface area contributed by atoms with Gasteiger partial charge in [-0.05, 0) is 32.6 Å². The standard InChI is InChI=1S/C13H26N2O3/c1-5-11(4)15(6-2)13(18)14-9-10(3)7-8-12(16)17/h10-11H,5-9H2,1-4H3,(H,14,18)(H,16,17). The molecule has 0 aromatic heterocycles. The van der Waals surface area contributed by atoms with E-state index in [1.54, 1.807) is 4.90 Å². The number of nitrogens with zero attached hydrogens (tertiary/aromatic N) is 1. The van der Waals surface area contributed by atoms with E-state index >= 15 is 0 Å². The molecule has 0 aliphatic carbocycles. The lowest BCUT2D eigenvalue weighted by Gasteiger charge is -2.28. The summed E-state index contributed by atoms with van der Waals surface area (Å²) in [6.45, 7) is 9.19. The molecular formula is C13H26N2O3. The van der Waals surface area contributed by atoms with Crippen molar-refractivity contribution in [3.63, 3.8) is 0 Å². The van der Waals surface area contributed by atoms with E-state index in [9.17, 15) is 9.59 Å². The van der Waals surface area contributed by atoms with Gasteiger partial charge in [-0.1, -0.05) is 13.8 Å². The van der Waals surface area contributed by atoms with Crippen molar-refractivity contribution in [2.45, 2.75) is 53.0 Å². The Bertz CT molecular complexity index is 269. The van der Waals surface area contributed by atoms with Gasteiger partial charge in [0, 0.05) is 25.6 Å². The number of carbonyl (C=O) groups excluding carboxylic acids is 1. The minimum atomic E-state index is -0.789. The molecule has 2 amide bonds. The Hall–Kier alpha value is -1.26. The van der Waals surface area contributed by atoms with Crippen LogP contribution in [0.25, 0.3) is 0 Å². The summed E-state index contributed by atoms with van der Waals surface area (Å²) < 4.78 is 0. The Morgan fingerprint density at radius 1 is 1.28 bits per heavy atom. The largest absolute Gasteiger partial charge is 0.481 e. The van der Waals surface area contributed by atoms with E-state index in [2.05, 4.69) is 12.2 Å². The SMILES string of the molecule is CCC(C)N(CC)C(=O)NCC(C)CCC(=O)O. The molecule has 0 aliphatic heterocycles. The van der Waals surface area contributed by atoms with Crippen molar-refractivity contribution in [3.05, 3.63) is 0 Å². The third-order valence-corrected chi connectivity index (χ3v) is 3.18. The van der Waals surface area contributed by atoms with E-state index in [4.69, 9.17) is 5.11 Å². The van der Waals surface area contributed by atoms with Crippen LogP contribution in [0.15, 0.2) is 0 Å². The summed E-state index contributed by atoms with van der Waals surface area (Å²) in [5.41, 5.74) is 0. The predicted molar refractivity (Wildman–Crippen MR) is 71.6 cm³/mol. The zero-order valence-electron chi connectivity index (χ0n) is 11.9. The number of nitrogens with one attached hydrogen (secondary N) is 1. The summed E-state index contributed by atoms with van der Waals surface area (Å²) in [5.74, 6) is -0.608. The van der Waals surface area contributed by atoms with E-state index < -0.39 is 5.97 Å².